The normalized spacial score (nSPS) is 19.6. The van der Waals surface area contributed by atoms with Gasteiger partial charge in [-0.25, -0.2) is 0 Å². The molecule has 27 heavy (non-hydrogen) atoms. The van der Waals surface area contributed by atoms with Crippen molar-refractivity contribution in [3.63, 3.8) is 0 Å². The van der Waals surface area contributed by atoms with Crippen molar-refractivity contribution in [1.29, 1.82) is 0 Å². The molecule has 0 saturated carbocycles. The van der Waals surface area contributed by atoms with Crippen LogP contribution in [0.2, 0.25) is 0 Å². The predicted molar refractivity (Wildman–Crippen MR) is 112 cm³/mol. The fourth-order valence-corrected chi connectivity index (χ4v) is 3.94. The summed E-state index contributed by atoms with van der Waals surface area (Å²) in [6.45, 7) is 6.61. The fourth-order valence-electron chi connectivity index (χ4n) is 3.94. The number of methoxy groups -OCH3 is 1. The van der Waals surface area contributed by atoms with Gasteiger partial charge in [0.25, 0.3) is 5.91 Å². The van der Waals surface area contributed by atoms with Crippen molar-refractivity contribution in [2.24, 2.45) is 0 Å². The Morgan fingerprint density at radius 2 is 1.78 bits per heavy atom. The van der Waals surface area contributed by atoms with E-state index in [1.807, 2.05) is 12.1 Å². The molecule has 0 radical (unpaired) electrons. The number of amides is 1. The Kier molecular flexibility index (Phi) is 5.59. The molecular weight excluding hydrogens is 338 g/mol. The van der Waals surface area contributed by atoms with Gasteiger partial charge in [0.15, 0.2) is 0 Å². The minimum Gasteiger partial charge on any atom is -0.497 e. The van der Waals surface area contributed by atoms with Crippen molar-refractivity contribution in [1.82, 2.24) is 0 Å². The molecule has 1 aliphatic rings. The van der Waals surface area contributed by atoms with Crippen molar-refractivity contribution in [2.75, 3.05) is 23.1 Å². The SMILES string of the molecule is COc1ccc(C(=O)Nc2cc(N3[C@H](C)CCC[C@H]3C)c(C)cc2N)cc1. The Balaban J connectivity index is 1.88. The quantitative estimate of drug-likeness (QED) is 0.775. The average Bonchev–Trinajstić information content (AvgIpc) is 2.65. The number of ether oxygens (including phenoxy) is 1. The van der Waals surface area contributed by atoms with Crippen LogP contribution in [0.25, 0.3) is 0 Å². The summed E-state index contributed by atoms with van der Waals surface area (Å²) in [6, 6.07) is 12.0. The summed E-state index contributed by atoms with van der Waals surface area (Å²) in [4.78, 5) is 15.1. The summed E-state index contributed by atoms with van der Waals surface area (Å²) in [6.07, 6.45) is 3.62. The summed E-state index contributed by atoms with van der Waals surface area (Å²) in [7, 11) is 1.60. The number of aryl methyl sites for hydroxylation is 1. The molecule has 5 heteroatoms. The minimum atomic E-state index is -0.182. The third-order valence-corrected chi connectivity index (χ3v) is 5.44. The maximum absolute atomic E-state index is 12.6. The van der Waals surface area contributed by atoms with Crippen LogP contribution in [0.3, 0.4) is 0 Å². The van der Waals surface area contributed by atoms with Crippen LogP contribution >= 0.6 is 0 Å². The van der Waals surface area contributed by atoms with E-state index in [9.17, 15) is 4.79 Å². The number of nitrogen functional groups attached to an aromatic ring is 1. The maximum atomic E-state index is 12.6. The van der Waals surface area contributed by atoms with Gasteiger partial charge < -0.3 is 20.7 Å². The van der Waals surface area contributed by atoms with E-state index in [0.29, 0.717) is 29.0 Å². The number of hydrogen-bond donors (Lipinski definition) is 2. The van der Waals surface area contributed by atoms with Crippen LogP contribution in [0.15, 0.2) is 36.4 Å². The van der Waals surface area contributed by atoms with Crippen molar-refractivity contribution in [2.45, 2.75) is 52.1 Å². The highest BCUT2D eigenvalue weighted by molar-refractivity contribution is 6.06. The number of benzene rings is 2. The molecule has 5 nitrogen and oxygen atoms in total. The molecule has 0 aliphatic carbocycles. The third-order valence-electron chi connectivity index (χ3n) is 5.44. The van der Waals surface area contributed by atoms with E-state index in [-0.39, 0.29) is 5.91 Å². The van der Waals surface area contributed by atoms with Gasteiger partial charge in [-0.3, -0.25) is 4.79 Å². The van der Waals surface area contributed by atoms with Crippen LogP contribution in [0, 0.1) is 6.92 Å². The average molecular weight is 367 g/mol. The summed E-state index contributed by atoms with van der Waals surface area (Å²) in [5.74, 6) is 0.538. The standard InChI is InChI=1S/C22H29N3O2/c1-14-12-19(23)20(13-21(14)25-15(2)6-5-7-16(25)3)24-22(26)17-8-10-18(27-4)11-9-17/h8-13,15-16H,5-7,23H2,1-4H3,(H,24,26)/t15-,16-/m1/s1. The monoisotopic (exact) mass is 367 g/mol. The first-order chi connectivity index (χ1) is 12.9. The minimum absolute atomic E-state index is 0.182. The number of piperidine rings is 1. The second-order valence-electron chi connectivity index (χ2n) is 7.44. The lowest BCUT2D eigenvalue weighted by atomic mass is 9.95. The lowest BCUT2D eigenvalue weighted by molar-refractivity contribution is 0.102. The molecule has 0 bridgehead atoms. The summed E-state index contributed by atoms with van der Waals surface area (Å²) >= 11 is 0. The summed E-state index contributed by atoms with van der Waals surface area (Å²) in [5.41, 5.74) is 10.3. The number of nitrogens with zero attached hydrogens (tertiary/aromatic N) is 1. The number of hydrogen-bond acceptors (Lipinski definition) is 4. The van der Waals surface area contributed by atoms with Gasteiger partial charge in [0.05, 0.1) is 18.5 Å². The van der Waals surface area contributed by atoms with E-state index in [1.165, 1.54) is 19.3 Å². The van der Waals surface area contributed by atoms with Crippen LogP contribution < -0.4 is 20.7 Å². The largest absolute Gasteiger partial charge is 0.497 e. The van der Waals surface area contributed by atoms with Gasteiger partial charge in [-0.2, -0.15) is 0 Å². The first-order valence-electron chi connectivity index (χ1n) is 9.54. The molecular formula is C22H29N3O2. The Morgan fingerprint density at radius 1 is 1.15 bits per heavy atom. The number of rotatable bonds is 4. The first-order valence-corrected chi connectivity index (χ1v) is 9.54. The molecule has 2 aromatic carbocycles. The molecule has 1 saturated heterocycles. The molecule has 1 amide bonds. The Labute approximate surface area is 161 Å². The van der Waals surface area contributed by atoms with Crippen LogP contribution in [-0.2, 0) is 0 Å². The molecule has 3 rings (SSSR count). The topological polar surface area (TPSA) is 67.6 Å². The zero-order valence-electron chi connectivity index (χ0n) is 16.6. The van der Waals surface area contributed by atoms with E-state index in [2.05, 4.69) is 31.0 Å². The molecule has 2 atom stereocenters. The summed E-state index contributed by atoms with van der Waals surface area (Å²) in [5, 5.41) is 2.97. The van der Waals surface area contributed by atoms with E-state index in [0.717, 1.165) is 17.0 Å². The number of carbonyl (C=O) groups excluding carboxylic acids is 1. The second kappa shape index (κ2) is 7.91. The zero-order chi connectivity index (χ0) is 19.6. The Bertz CT molecular complexity index is 807. The highest BCUT2D eigenvalue weighted by Crippen LogP contribution is 2.36. The molecule has 0 spiro atoms. The molecule has 2 aromatic rings. The van der Waals surface area contributed by atoms with Crippen molar-refractivity contribution in [3.8, 4) is 5.75 Å². The van der Waals surface area contributed by atoms with Gasteiger partial charge in [-0.15, -0.1) is 0 Å². The summed E-state index contributed by atoms with van der Waals surface area (Å²) < 4.78 is 5.15. The van der Waals surface area contributed by atoms with Gasteiger partial charge in [0.1, 0.15) is 5.75 Å². The van der Waals surface area contributed by atoms with Gasteiger partial charge in [-0.1, -0.05) is 0 Å². The van der Waals surface area contributed by atoms with Gasteiger partial charge >= 0.3 is 0 Å². The van der Waals surface area contributed by atoms with Gasteiger partial charge in [-0.05, 0) is 82.0 Å². The fraction of sp³-hybridized carbons (Fsp3) is 0.409. The smallest absolute Gasteiger partial charge is 0.255 e. The van der Waals surface area contributed by atoms with E-state index in [1.54, 1.807) is 31.4 Å². The van der Waals surface area contributed by atoms with Crippen LogP contribution in [-0.4, -0.2) is 25.1 Å². The van der Waals surface area contributed by atoms with Crippen molar-refractivity contribution < 1.29 is 9.53 Å². The predicted octanol–water partition coefficient (Wildman–Crippen LogP) is 4.61. The number of nitrogens with one attached hydrogen (secondary N) is 1. The molecule has 1 heterocycles. The third kappa shape index (κ3) is 4.02. The second-order valence-corrected chi connectivity index (χ2v) is 7.44. The van der Waals surface area contributed by atoms with Gasteiger partial charge in [0, 0.05) is 23.3 Å². The first kappa shape index (κ1) is 19.1. The van der Waals surface area contributed by atoms with Crippen LogP contribution in [0.5, 0.6) is 5.75 Å². The molecule has 1 aliphatic heterocycles. The lowest BCUT2D eigenvalue weighted by Crippen LogP contribution is -2.44. The Morgan fingerprint density at radius 3 is 2.37 bits per heavy atom. The zero-order valence-corrected chi connectivity index (χ0v) is 16.6. The maximum Gasteiger partial charge on any atom is 0.255 e. The van der Waals surface area contributed by atoms with Crippen molar-refractivity contribution in [3.05, 3.63) is 47.5 Å². The van der Waals surface area contributed by atoms with E-state index < -0.39 is 0 Å². The Hall–Kier alpha value is -2.69. The molecule has 1 fully saturated rings. The molecule has 3 N–H and O–H groups in total. The number of anilines is 3. The molecule has 0 aromatic heterocycles. The van der Waals surface area contributed by atoms with E-state index >= 15 is 0 Å². The van der Waals surface area contributed by atoms with Crippen molar-refractivity contribution >= 4 is 23.0 Å². The highest BCUT2D eigenvalue weighted by Gasteiger charge is 2.26. The van der Waals surface area contributed by atoms with E-state index in [4.69, 9.17) is 10.5 Å². The molecule has 144 valence electrons. The van der Waals surface area contributed by atoms with Crippen LogP contribution in [0.4, 0.5) is 17.1 Å². The lowest BCUT2D eigenvalue weighted by Gasteiger charge is -2.42. The number of carbonyl (C=O) groups is 1. The molecule has 0 unspecified atom stereocenters. The van der Waals surface area contributed by atoms with Gasteiger partial charge in [0.2, 0.25) is 0 Å². The number of nitrogens with two attached hydrogens (primary N) is 1. The highest BCUT2D eigenvalue weighted by atomic mass is 16.5. The van der Waals surface area contributed by atoms with Crippen LogP contribution in [0.1, 0.15) is 49.0 Å².